The lowest BCUT2D eigenvalue weighted by molar-refractivity contribution is 0.00122. The molecular weight excluding hydrogens is 312 g/mol. The van der Waals surface area contributed by atoms with Crippen LogP contribution in [0, 0.1) is 11.3 Å². The Hall–Kier alpha value is 0.160. The van der Waals surface area contributed by atoms with Gasteiger partial charge < -0.3 is 9.47 Å². The molecule has 0 N–H and O–H groups in total. The highest BCUT2D eigenvalue weighted by molar-refractivity contribution is 8.13. The monoisotopic (exact) mass is 340 g/mol. The minimum Gasteiger partial charge on any atom is -0.379 e. The molecule has 0 radical (unpaired) electrons. The van der Waals surface area contributed by atoms with Gasteiger partial charge in [-0.05, 0) is 18.8 Å². The molecule has 21 heavy (non-hydrogen) atoms. The number of hydrogen-bond donors (Lipinski definition) is 0. The molecule has 1 aliphatic carbocycles. The molecule has 0 aromatic rings. The highest BCUT2D eigenvalue weighted by Gasteiger charge is 2.35. The van der Waals surface area contributed by atoms with E-state index in [1.54, 1.807) is 0 Å². The fourth-order valence-corrected chi connectivity index (χ4v) is 4.70. The molecule has 1 saturated carbocycles. The summed E-state index contributed by atoms with van der Waals surface area (Å²) in [6.07, 6.45) is 6.21. The minimum absolute atomic E-state index is 0.0222. The molecule has 6 heteroatoms. The second kappa shape index (κ2) is 9.33. The van der Waals surface area contributed by atoms with Crippen molar-refractivity contribution in [2.45, 2.75) is 52.4 Å². The van der Waals surface area contributed by atoms with E-state index in [-0.39, 0.29) is 11.2 Å². The third kappa shape index (κ3) is 9.01. The molecule has 0 bridgehead atoms. The van der Waals surface area contributed by atoms with Crippen molar-refractivity contribution in [3.05, 3.63) is 0 Å². The van der Waals surface area contributed by atoms with Crippen LogP contribution in [0.1, 0.15) is 52.4 Å². The van der Waals surface area contributed by atoms with Crippen molar-refractivity contribution in [2.24, 2.45) is 11.3 Å². The summed E-state index contributed by atoms with van der Waals surface area (Å²) in [6.45, 7) is 6.46. The summed E-state index contributed by atoms with van der Waals surface area (Å²) in [5, 5.41) is 0. The summed E-state index contributed by atoms with van der Waals surface area (Å²) in [6, 6.07) is 0. The lowest BCUT2D eigenvalue weighted by Crippen LogP contribution is -2.33. The van der Waals surface area contributed by atoms with Gasteiger partial charge in [-0.25, -0.2) is 8.42 Å². The largest absolute Gasteiger partial charge is 0.379 e. The Balaban J connectivity index is 2.42. The summed E-state index contributed by atoms with van der Waals surface area (Å²) in [4.78, 5) is 0. The van der Waals surface area contributed by atoms with E-state index in [4.69, 9.17) is 20.2 Å². The van der Waals surface area contributed by atoms with Crippen LogP contribution < -0.4 is 0 Å². The van der Waals surface area contributed by atoms with Gasteiger partial charge in [-0.1, -0.05) is 39.5 Å². The van der Waals surface area contributed by atoms with Crippen LogP contribution in [0.4, 0.5) is 0 Å². The van der Waals surface area contributed by atoms with E-state index in [0.29, 0.717) is 25.7 Å². The molecule has 126 valence electrons. The quantitative estimate of drug-likeness (QED) is 0.365. The Morgan fingerprint density at radius 1 is 1.05 bits per heavy atom. The third-order valence-electron chi connectivity index (χ3n) is 3.87. The average molecular weight is 341 g/mol. The Labute approximate surface area is 134 Å². The topological polar surface area (TPSA) is 52.6 Å². The van der Waals surface area contributed by atoms with E-state index in [0.717, 1.165) is 32.3 Å². The normalized spacial score (nSPS) is 19.6. The molecule has 1 rings (SSSR count). The number of halogens is 1. The fourth-order valence-electron chi connectivity index (χ4n) is 2.90. The summed E-state index contributed by atoms with van der Waals surface area (Å²) in [7, 11) is 2.00. The lowest BCUT2D eigenvalue weighted by Gasteiger charge is -2.31. The van der Waals surface area contributed by atoms with Crippen LogP contribution in [-0.4, -0.2) is 40.6 Å². The number of rotatable bonds is 9. The van der Waals surface area contributed by atoms with Crippen molar-refractivity contribution in [3.63, 3.8) is 0 Å². The van der Waals surface area contributed by atoms with Crippen molar-refractivity contribution >= 4 is 19.7 Å². The molecule has 0 unspecified atom stereocenters. The average Bonchev–Trinajstić information content (AvgIpc) is 2.57. The Bertz CT molecular complexity index is 373. The molecule has 0 aromatic heterocycles. The fraction of sp³-hybridized carbons (Fsp3) is 1.00. The molecule has 0 aromatic carbocycles. The molecule has 0 spiro atoms. The van der Waals surface area contributed by atoms with Gasteiger partial charge in [0.15, 0.2) is 0 Å². The van der Waals surface area contributed by atoms with Gasteiger partial charge in [-0.15, -0.1) is 0 Å². The maximum absolute atomic E-state index is 11.5. The van der Waals surface area contributed by atoms with Crippen molar-refractivity contribution in [2.75, 3.05) is 32.2 Å². The zero-order chi connectivity index (χ0) is 15.8. The van der Waals surface area contributed by atoms with Gasteiger partial charge in [0.05, 0.1) is 25.6 Å². The van der Waals surface area contributed by atoms with E-state index in [9.17, 15) is 8.42 Å². The Morgan fingerprint density at radius 3 is 2.14 bits per heavy atom. The summed E-state index contributed by atoms with van der Waals surface area (Å²) in [5.41, 5.74) is -0.310. The maximum Gasteiger partial charge on any atom is 0.233 e. The highest BCUT2D eigenvalue weighted by Crippen LogP contribution is 2.37. The number of hydrogen-bond acceptors (Lipinski definition) is 4. The second-order valence-electron chi connectivity index (χ2n) is 6.62. The van der Waals surface area contributed by atoms with Crippen molar-refractivity contribution < 1.29 is 17.9 Å². The van der Waals surface area contributed by atoms with Gasteiger partial charge in [0, 0.05) is 22.7 Å². The molecule has 0 aliphatic heterocycles. The van der Waals surface area contributed by atoms with E-state index in [1.165, 1.54) is 12.8 Å². The third-order valence-corrected chi connectivity index (χ3v) is 5.16. The highest BCUT2D eigenvalue weighted by atomic mass is 35.7. The van der Waals surface area contributed by atoms with E-state index >= 15 is 0 Å². The van der Waals surface area contributed by atoms with Gasteiger partial charge in [0.25, 0.3) is 0 Å². The second-order valence-corrected chi connectivity index (χ2v) is 9.40. The van der Waals surface area contributed by atoms with Crippen molar-refractivity contribution in [3.8, 4) is 0 Å². The van der Waals surface area contributed by atoms with Crippen LogP contribution in [0.25, 0.3) is 0 Å². The van der Waals surface area contributed by atoms with Crippen molar-refractivity contribution in [1.29, 1.82) is 0 Å². The van der Waals surface area contributed by atoms with Crippen LogP contribution in [-0.2, 0) is 18.5 Å². The van der Waals surface area contributed by atoms with Gasteiger partial charge in [-0.3, -0.25) is 0 Å². The zero-order valence-electron chi connectivity index (χ0n) is 13.3. The summed E-state index contributed by atoms with van der Waals surface area (Å²) < 4.78 is 34.2. The molecule has 0 heterocycles. The van der Waals surface area contributed by atoms with Crippen molar-refractivity contribution in [1.82, 2.24) is 0 Å². The van der Waals surface area contributed by atoms with E-state index < -0.39 is 9.05 Å². The molecule has 1 aliphatic rings. The molecular formula is C15H29ClO4S. The molecule has 0 saturated heterocycles. The number of ether oxygens (including phenoxy) is 2. The van der Waals surface area contributed by atoms with Crippen LogP contribution in [0.3, 0.4) is 0 Å². The Morgan fingerprint density at radius 2 is 1.62 bits per heavy atom. The standard InChI is InChI=1S/C15H29ClO4S/c1-14(2)11-19-9-10-20-12-15(13-21(16,17)18)7-5-3-4-6-8-15/h14H,3-13H2,1-2H3. The van der Waals surface area contributed by atoms with Crippen LogP contribution in [0.5, 0.6) is 0 Å². The summed E-state index contributed by atoms with van der Waals surface area (Å²) >= 11 is 0. The van der Waals surface area contributed by atoms with E-state index in [2.05, 4.69) is 13.8 Å². The first-order chi connectivity index (χ1) is 9.83. The van der Waals surface area contributed by atoms with Crippen LogP contribution in [0.15, 0.2) is 0 Å². The van der Waals surface area contributed by atoms with Gasteiger partial charge >= 0.3 is 0 Å². The van der Waals surface area contributed by atoms with Gasteiger partial charge in [0.1, 0.15) is 0 Å². The lowest BCUT2D eigenvalue weighted by atomic mass is 9.83. The zero-order valence-corrected chi connectivity index (χ0v) is 14.8. The smallest absolute Gasteiger partial charge is 0.233 e. The summed E-state index contributed by atoms with van der Waals surface area (Å²) in [5.74, 6) is 0.536. The predicted molar refractivity (Wildman–Crippen MR) is 86.3 cm³/mol. The SMILES string of the molecule is CC(C)COCCOCC1(CS(=O)(=O)Cl)CCCCCC1. The minimum atomic E-state index is -3.50. The Kier molecular flexibility index (Phi) is 8.54. The predicted octanol–water partition coefficient (Wildman–Crippen LogP) is 3.58. The van der Waals surface area contributed by atoms with Gasteiger partial charge in [-0.2, -0.15) is 0 Å². The van der Waals surface area contributed by atoms with Crippen LogP contribution >= 0.6 is 10.7 Å². The molecule has 0 atom stereocenters. The first-order valence-corrected chi connectivity index (χ1v) is 10.4. The van der Waals surface area contributed by atoms with Crippen LogP contribution in [0.2, 0.25) is 0 Å². The molecule has 0 amide bonds. The van der Waals surface area contributed by atoms with Gasteiger partial charge in [0.2, 0.25) is 9.05 Å². The maximum atomic E-state index is 11.5. The first kappa shape index (κ1) is 19.2. The molecule has 4 nitrogen and oxygen atoms in total. The van der Waals surface area contributed by atoms with E-state index in [1.807, 2.05) is 0 Å². The molecule has 1 fully saturated rings. The first-order valence-electron chi connectivity index (χ1n) is 7.91.